The maximum absolute atomic E-state index is 11.7. The van der Waals surface area contributed by atoms with Crippen LogP contribution in [0.25, 0.3) is 0 Å². The lowest BCUT2D eigenvalue weighted by Gasteiger charge is -2.30. The molecule has 0 N–H and O–H groups in total. The highest BCUT2D eigenvalue weighted by atomic mass is 32.1. The lowest BCUT2D eigenvalue weighted by Crippen LogP contribution is -2.33. The van der Waals surface area contributed by atoms with Gasteiger partial charge < -0.3 is 9.30 Å². The molecule has 0 spiro atoms. The predicted molar refractivity (Wildman–Crippen MR) is 91.1 cm³/mol. The van der Waals surface area contributed by atoms with Gasteiger partial charge in [0.05, 0.1) is 18.2 Å². The van der Waals surface area contributed by atoms with E-state index in [0.717, 1.165) is 49.1 Å². The second kappa shape index (κ2) is 7.40. The minimum Gasteiger partial charge on any atom is -0.461 e. The number of aryl methyl sites for hydroxylation is 1. The third kappa shape index (κ3) is 3.64. The maximum Gasteiger partial charge on any atom is 0.357 e. The van der Waals surface area contributed by atoms with Crippen LogP contribution in [-0.2, 0) is 18.3 Å². The number of thiazole rings is 1. The van der Waals surface area contributed by atoms with Crippen LogP contribution in [0.15, 0.2) is 5.38 Å². The van der Waals surface area contributed by atoms with Gasteiger partial charge in [0.15, 0.2) is 5.69 Å². The highest BCUT2D eigenvalue weighted by molar-refractivity contribution is 7.09. The molecule has 0 bridgehead atoms. The van der Waals surface area contributed by atoms with Crippen LogP contribution in [0.2, 0.25) is 0 Å². The van der Waals surface area contributed by atoms with E-state index < -0.39 is 0 Å². The lowest BCUT2D eigenvalue weighted by molar-refractivity contribution is 0.0520. The van der Waals surface area contributed by atoms with Crippen LogP contribution in [0.1, 0.15) is 52.8 Å². The highest BCUT2D eigenvalue weighted by Crippen LogP contribution is 2.30. The monoisotopic (exact) mass is 349 g/mol. The summed E-state index contributed by atoms with van der Waals surface area (Å²) in [6.07, 6.45) is 2.10. The standard InChI is InChI=1S/C16H23N5O2S/c1-4-23-16(22)13-10-24-15(17-13)12-5-7-21(8-6-12)9-14-19-18-11(2)20(14)3/h10,12H,4-9H2,1-3H3. The van der Waals surface area contributed by atoms with Crippen LogP contribution in [0.4, 0.5) is 0 Å². The van der Waals surface area contributed by atoms with Crippen LogP contribution < -0.4 is 0 Å². The van der Waals surface area contributed by atoms with Gasteiger partial charge in [-0.3, -0.25) is 4.90 Å². The summed E-state index contributed by atoms with van der Waals surface area (Å²) in [5, 5.41) is 11.2. The van der Waals surface area contributed by atoms with Crippen LogP contribution in [0.5, 0.6) is 0 Å². The van der Waals surface area contributed by atoms with Crippen molar-refractivity contribution in [2.24, 2.45) is 7.05 Å². The molecule has 0 unspecified atom stereocenters. The Kier molecular flexibility index (Phi) is 5.25. The summed E-state index contributed by atoms with van der Waals surface area (Å²) < 4.78 is 7.05. The largest absolute Gasteiger partial charge is 0.461 e. The quantitative estimate of drug-likeness (QED) is 0.770. The molecule has 7 nitrogen and oxygen atoms in total. The molecule has 0 amide bonds. The Morgan fingerprint density at radius 2 is 2.12 bits per heavy atom. The normalized spacial score (nSPS) is 16.5. The predicted octanol–water partition coefficient (Wildman–Crippen LogP) is 2.14. The van der Waals surface area contributed by atoms with Gasteiger partial charge in [0.25, 0.3) is 0 Å². The van der Waals surface area contributed by atoms with Crippen molar-refractivity contribution in [3.8, 4) is 0 Å². The number of hydrogen-bond acceptors (Lipinski definition) is 7. The van der Waals surface area contributed by atoms with Gasteiger partial charge >= 0.3 is 5.97 Å². The smallest absolute Gasteiger partial charge is 0.357 e. The van der Waals surface area contributed by atoms with Crippen molar-refractivity contribution in [1.29, 1.82) is 0 Å². The molecule has 1 saturated heterocycles. The van der Waals surface area contributed by atoms with Crippen molar-refractivity contribution < 1.29 is 9.53 Å². The van der Waals surface area contributed by atoms with E-state index in [-0.39, 0.29) is 5.97 Å². The first-order valence-electron chi connectivity index (χ1n) is 8.28. The van der Waals surface area contributed by atoms with Crippen LogP contribution >= 0.6 is 11.3 Å². The highest BCUT2D eigenvalue weighted by Gasteiger charge is 2.25. The summed E-state index contributed by atoms with van der Waals surface area (Å²) in [4.78, 5) is 18.6. The first kappa shape index (κ1) is 17.0. The molecular formula is C16H23N5O2S. The van der Waals surface area contributed by atoms with Gasteiger partial charge in [0.2, 0.25) is 0 Å². The molecule has 2 aromatic heterocycles. The number of carbonyl (C=O) groups excluding carboxylic acids is 1. The van der Waals surface area contributed by atoms with Gasteiger partial charge in [0, 0.05) is 18.3 Å². The molecule has 1 aliphatic rings. The average Bonchev–Trinajstić information content (AvgIpc) is 3.19. The van der Waals surface area contributed by atoms with E-state index in [4.69, 9.17) is 4.74 Å². The number of hydrogen-bond donors (Lipinski definition) is 0. The fourth-order valence-corrected chi connectivity index (χ4v) is 3.86. The summed E-state index contributed by atoms with van der Waals surface area (Å²) in [6.45, 7) is 6.99. The SMILES string of the molecule is CCOC(=O)c1csc(C2CCN(Cc3nnc(C)n3C)CC2)n1. The second-order valence-electron chi connectivity index (χ2n) is 6.06. The van der Waals surface area contributed by atoms with Crippen LogP contribution in [0.3, 0.4) is 0 Å². The van der Waals surface area contributed by atoms with E-state index in [9.17, 15) is 4.79 Å². The fraction of sp³-hybridized carbons (Fsp3) is 0.625. The van der Waals surface area contributed by atoms with Gasteiger partial charge in [-0.2, -0.15) is 0 Å². The zero-order valence-electron chi connectivity index (χ0n) is 14.4. The molecule has 0 atom stereocenters. The minimum atomic E-state index is -0.324. The molecule has 8 heteroatoms. The van der Waals surface area contributed by atoms with Gasteiger partial charge in [-0.05, 0) is 39.8 Å². The number of likely N-dealkylation sites (tertiary alicyclic amines) is 1. The third-order valence-electron chi connectivity index (χ3n) is 4.49. The number of carbonyl (C=O) groups is 1. The molecule has 2 aromatic rings. The maximum atomic E-state index is 11.7. The molecule has 1 aliphatic heterocycles. The molecule has 0 aliphatic carbocycles. The molecule has 0 saturated carbocycles. The van der Waals surface area contributed by atoms with Gasteiger partial charge in [0.1, 0.15) is 11.6 Å². The molecule has 0 radical (unpaired) electrons. The number of piperidine rings is 1. The van der Waals surface area contributed by atoms with Gasteiger partial charge in [-0.1, -0.05) is 0 Å². The van der Waals surface area contributed by atoms with Crippen LogP contribution in [-0.4, -0.2) is 50.3 Å². The zero-order chi connectivity index (χ0) is 17.1. The number of ether oxygens (including phenoxy) is 1. The van der Waals surface area contributed by atoms with E-state index in [1.165, 1.54) is 0 Å². The summed E-state index contributed by atoms with van der Waals surface area (Å²) in [5.41, 5.74) is 0.439. The summed E-state index contributed by atoms with van der Waals surface area (Å²) in [7, 11) is 2.00. The molecule has 130 valence electrons. The van der Waals surface area contributed by atoms with Gasteiger partial charge in [-0.15, -0.1) is 21.5 Å². The first-order valence-corrected chi connectivity index (χ1v) is 9.16. The van der Waals surface area contributed by atoms with Crippen molar-refractivity contribution in [2.75, 3.05) is 19.7 Å². The van der Waals surface area contributed by atoms with E-state index >= 15 is 0 Å². The number of esters is 1. The summed E-state index contributed by atoms with van der Waals surface area (Å²) in [6, 6.07) is 0. The van der Waals surface area contributed by atoms with E-state index in [2.05, 4.69) is 20.1 Å². The van der Waals surface area contributed by atoms with Crippen molar-refractivity contribution in [3.05, 3.63) is 27.7 Å². The summed E-state index contributed by atoms with van der Waals surface area (Å²) >= 11 is 1.56. The Morgan fingerprint density at radius 3 is 2.75 bits per heavy atom. The number of aromatic nitrogens is 4. The van der Waals surface area contributed by atoms with Crippen molar-refractivity contribution in [1.82, 2.24) is 24.6 Å². The van der Waals surface area contributed by atoms with E-state index in [1.807, 2.05) is 23.9 Å². The Labute approximate surface area is 145 Å². The van der Waals surface area contributed by atoms with Crippen LogP contribution in [0, 0.1) is 6.92 Å². The average molecular weight is 349 g/mol. The lowest BCUT2D eigenvalue weighted by atomic mass is 9.97. The number of rotatable bonds is 5. The topological polar surface area (TPSA) is 73.1 Å². The molecule has 3 heterocycles. The Morgan fingerprint density at radius 1 is 1.38 bits per heavy atom. The molecule has 3 rings (SSSR count). The second-order valence-corrected chi connectivity index (χ2v) is 6.95. The van der Waals surface area contributed by atoms with E-state index in [1.54, 1.807) is 18.3 Å². The third-order valence-corrected chi connectivity index (χ3v) is 5.50. The van der Waals surface area contributed by atoms with E-state index in [0.29, 0.717) is 18.2 Å². The first-order chi connectivity index (χ1) is 11.6. The Hall–Kier alpha value is -1.80. The van der Waals surface area contributed by atoms with Crippen molar-refractivity contribution in [3.63, 3.8) is 0 Å². The van der Waals surface area contributed by atoms with Crippen molar-refractivity contribution >= 4 is 17.3 Å². The van der Waals surface area contributed by atoms with Gasteiger partial charge in [-0.25, -0.2) is 9.78 Å². The zero-order valence-corrected chi connectivity index (χ0v) is 15.2. The Balaban J connectivity index is 1.55. The summed E-state index contributed by atoms with van der Waals surface area (Å²) in [5.74, 6) is 2.05. The molecular weight excluding hydrogens is 326 g/mol. The fourth-order valence-electron chi connectivity index (χ4n) is 2.90. The minimum absolute atomic E-state index is 0.324. The Bertz CT molecular complexity index is 703. The molecule has 24 heavy (non-hydrogen) atoms. The molecule has 1 fully saturated rings. The van der Waals surface area contributed by atoms with Crippen molar-refractivity contribution in [2.45, 2.75) is 39.2 Å². The molecule has 0 aromatic carbocycles. The number of nitrogens with zero attached hydrogens (tertiary/aromatic N) is 5.